The third-order valence-electron chi connectivity index (χ3n) is 5.19. The highest BCUT2D eigenvalue weighted by molar-refractivity contribution is 7.17. The lowest BCUT2D eigenvalue weighted by Gasteiger charge is -2.23. The van der Waals surface area contributed by atoms with Gasteiger partial charge in [0.2, 0.25) is 0 Å². The molecule has 3 heterocycles. The molecule has 2 aromatic heterocycles. The Labute approximate surface area is 199 Å². The van der Waals surface area contributed by atoms with E-state index in [2.05, 4.69) is 20.6 Å². The maximum Gasteiger partial charge on any atom is 0.417 e. The zero-order chi connectivity index (χ0) is 25.3. The Hall–Kier alpha value is -2.73. The number of hydrogen-bond acceptors (Lipinski definition) is 7. The van der Waals surface area contributed by atoms with Crippen molar-refractivity contribution in [1.29, 1.82) is 0 Å². The highest BCUT2D eigenvalue weighted by atomic mass is 32.1. The Morgan fingerprint density at radius 1 is 1.29 bits per heavy atom. The number of rotatable bonds is 6. The van der Waals surface area contributed by atoms with E-state index in [1.807, 2.05) is 6.92 Å². The molecule has 0 spiro atoms. The van der Waals surface area contributed by atoms with Gasteiger partial charge in [-0.25, -0.2) is 9.97 Å². The Morgan fingerprint density at radius 3 is 2.56 bits per heavy atom. The number of pyridine rings is 1. The standard InChI is InChI=1S/C22H28F3N5O3S/c1-12-6-5-8-30(12)20(33)16-17(34-19(28-16)18(32)26-7-9-31)13-11-27-15(29-21(2,3)4)10-14(13)22(23,24)25/h10-12,31H,5-9H2,1-4H3,(H,26,32)(H,27,29). The normalized spacial score (nSPS) is 16.6. The van der Waals surface area contributed by atoms with Crippen LogP contribution in [-0.4, -0.2) is 63.1 Å². The van der Waals surface area contributed by atoms with Gasteiger partial charge in [-0.15, -0.1) is 11.3 Å². The number of carbonyl (C=O) groups is 2. The Morgan fingerprint density at radius 2 is 2.00 bits per heavy atom. The van der Waals surface area contributed by atoms with Gasteiger partial charge in [-0.3, -0.25) is 9.59 Å². The summed E-state index contributed by atoms with van der Waals surface area (Å²) in [6.45, 7) is 7.34. The van der Waals surface area contributed by atoms with Crippen molar-refractivity contribution in [1.82, 2.24) is 20.2 Å². The lowest BCUT2D eigenvalue weighted by atomic mass is 10.1. The van der Waals surface area contributed by atoms with Crippen molar-refractivity contribution in [2.75, 3.05) is 25.0 Å². The van der Waals surface area contributed by atoms with Crippen LogP contribution in [0.2, 0.25) is 0 Å². The van der Waals surface area contributed by atoms with E-state index >= 15 is 0 Å². The van der Waals surface area contributed by atoms with Gasteiger partial charge in [0.1, 0.15) is 11.5 Å². The van der Waals surface area contributed by atoms with Gasteiger partial charge in [0, 0.05) is 36.4 Å². The number of carbonyl (C=O) groups excluding carboxylic acids is 2. The molecule has 1 aliphatic heterocycles. The molecule has 2 aromatic rings. The number of nitrogens with one attached hydrogen (secondary N) is 2. The lowest BCUT2D eigenvalue weighted by molar-refractivity contribution is -0.137. The van der Waals surface area contributed by atoms with Crippen molar-refractivity contribution in [2.45, 2.75) is 58.3 Å². The number of amides is 2. The van der Waals surface area contributed by atoms with E-state index in [1.54, 1.807) is 25.7 Å². The molecule has 1 atom stereocenters. The van der Waals surface area contributed by atoms with Crippen LogP contribution in [0.1, 0.15) is 66.4 Å². The summed E-state index contributed by atoms with van der Waals surface area (Å²) in [4.78, 5) is 35.5. The van der Waals surface area contributed by atoms with E-state index in [4.69, 9.17) is 5.11 Å². The van der Waals surface area contributed by atoms with E-state index < -0.39 is 29.1 Å². The number of nitrogens with zero attached hydrogens (tertiary/aromatic N) is 3. The number of aliphatic hydroxyl groups excluding tert-OH is 1. The van der Waals surface area contributed by atoms with Crippen LogP contribution in [0.15, 0.2) is 12.3 Å². The Bertz CT molecular complexity index is 1070. The summed E-state index contributed by atoms with van der Waals surface area (Å²) in [5.41, 5.74) is -2.03. The van der Waals surface area contributed by atoms with E-state index in [0.717, 1.165) is 25.1 Å². The minimum absolute atomic E-state index is 0.0371. The van der Waals surface area contributed by atoms with E-state index in [9.17, 15) is 22.8 Å². The van der Waals surface area contributed by atoms with Crippen LogP contribution in [0, 0.1) is 0 Å². The number of halogens is 3. The van der Waals surface area contributed by atoms with Crippen LogP contribution in [0.3, 0.4) is 0 Å². The molecule has 1 unspecified atom stereocenters. The summed E-state index contributed by atoms with van der Waals surface area (Å²) in [7, 11) is 0. The van der Waals surface area contributed by atoms with Crippen LogP contribution in [0.4, 0.5) is 19.0 Å². The minimum Gasteiger partial charge on any atom is -0.395 e. The number of aromatic nitrogens is 2. The fourth-order valence-electron chi connectivity index (χ4n) is 3.68. The second kappa shape index (κ2) is 9.87. The van der Waals surface area contributed by atoms with Gasteiger partial charge in [0.15, 0.2) is 5.01 Å². The molecule has 0 saturated carbocycles. The Kier molecular flexibility index (Phi) is 7.51. The predicted molar refractivity (Wildman–Crippen MR) is 123 cm³/mol. The first-order valence-electron chi connectivity index (χ1n) is 10.9. The first kappa shape index (κ1) is 25.9. The summed E-state index contributed by atoms with van der Waals surface area (Å²) >= 11 is 0.696. The molecule has 0 aliphatic carbocycles. The lowest BCUT2D eigenvalue weighted by Crippen LogP contribution is -2.34. The van der Waals surface area contributed by atoms with Crippen molar-refractivity contribution >= 4 is 29.0 Å². The van der Waals surface area contributed by atoms with Crippen LogP contribution >= 0.6 is 11.3 Å². The molecule has 1 fully saturated rings. The van der Waals surface area contributed by atoms with Gasteiger partial charge in [-0.2, -0.15) is 13.2 Å². The highest BCUT2D eigenvalue weighted by Crippen LogP contribution is 2.42. The van der Waals surface area contributed by atoms with Crippen molar-refractivity contribution in [3.05, 3.63) is 28.5 Å². The van der Waals surface area contributed by atoms with Crippen molar-refractivity contribution in [2.24, 2.45) is 0 Å². The summed E-state index contributed by atoms with van der Waals surface area (Å²) in [6, 6.07) is 0.811. The summed E-state index contributed by atoms with van der Waals surface area (Å²) in [5.74, 6) is -1.17. The molecule has 1 saturated heterocycles. The van der Waals surface area contributed by atoms with E-state index in [-0.39, 0.29) is 46.2 Å². The van der Waals surface area contributed by atoms with Crippen LogP contribution in [0.5, 0.6) is 0 Å². The average Bonchev–Trinajstić information content (AvgIpc) is 3.36. The first-order valence-corrected chi connectivity index (χ1v) is 11.7. The third kappa shape index (κ3) is 5.84. The molecule has 3 N–H and O–H groups in total. The quantitative estimate of drug-likeness (QED) is 0.559. The number of alkyl halides is 3. The number of anilines is 1. The van der Waals surface area contributed by atoms with Gasteiger partial charge in [0.05, 0.1) is 17.0 Å². The van der Waals surface area contributed by atoms with Crippen molar-refractivity contribution < 1.29 is 27.9 Å². The first-order chi connectivity index (χ1) is 15.8. The molecule has 34 heavy (non-hydrogen) atoms. The molecule has 186 valence electrons. The van der Waals surface area contributed by atoms with E-state index in [1.165, 1.54) is 0 Å². The van der Waals surface area contributed by atoms with Gasteiger partial charge in [-0.1, -0.05) is 0 Å². The zero-order valence-corrected chi connectivity index (χ0v) is 20.2. The molecular weight excluding hydrogens is 471 g/mol. The fourth-order valence-corrected chi connectivity index (χ4v) is 4.68. The number of thiazole rings is 1. The van der Waals surface area contributed by atoms with Crippen LogP contribution < -0.4 is 10.6 Å². The zero-order valence-electron chi connectivity index (χ0n) is 19.4. The molecule has 3 rings (SSSR count). The van der Waals surface area contributed by atoms with Crippen LogP contribution in [-0.2, 0) is 6.18 Å². The van der Waals surface area contributed by atoms with E-state index in [0.29, 0.717) is 17.9 Å². The maximum atomic E-state index is 14.1. The largest absolute Gasteiger partial charge is 0.417 e. The Balaban J connectivity index is 2.15. The highest BCUT2D eigenvalue weighted by Gasteiger charge is 2.38. The molecule has 0 radical (unpaired) electrons. The molecule has 12 heteroatoms. The van der Waals surface area contributed by atoms with Gasteiger partial charge < -0.3 is 20.6 Å². The third-order valence-corrected chi connectivity index (χ3v) is 6.28. The maximum absolute atomic E-state index is 14.1. The molecule has 0 bridgehead atoms. The van der Waals surface area contributed by atoms with Gasteiger partial charge >= 0.3 is 6.18 Å². The molecule has 8 nitrogen and oxygen atoms in total. The predicted octanol–water partition coefficient (Wildman–Crippen LogP) is 3.78. The smallest absolute Gasteiger partial charge is 0.395 e. The fraction of sp³-hybridized carbons (Fsp3) is 0.545. The summed E-state index contributed by atoms with van der Waals surface area (Å²) < 4.78 is 42.3. The second-order valence-electron chi connectivity index (χ2n) is 9.15. The number of aliphatic hydroxyl groups is 1. The topological polar surface area (TPSA) is 107 Å². The summed E-state index contributed by atoms with van der Waals surface area (Å²) in [5, 5.41) is 14.1. The van der Waals surface area contributed by atoms with Gasteiger partial charge in [0.25, 0.3) is 11.8 Å². The number of hydrogen-bond donors (Lipinski definition) is 3. The summed E-state index contributed by atoms with van der Waals surface area (Å²) in [6.07, 6.45) is -2.13. The SMILES string of the molecule is CC1CCCN1C(=O)c1nc(C(=O)NCCO)sc1-c1cnc(NC(C)(C)C)cc1C(F)(F)F. The molecule has 2 amide bonds. The van der Waals surface area contributed by atoms with Crippen molar-refractivity contribution in [3.63, 3.8) is 0 Å². The van der Waals surface area contributed by atoms with Crippen molar-refractivity contribution in [3.8, 4) is 10.4 Å². The number of likely N-dealkylation sites (tertiary alicyclic amines) is 1. The molecule has 1 aliphatic rings. The molecular formula is C22H28F3N5O3S. The van der Waals surface area contributed by atoms with Crippen LogP contribution in [0.25, 0.3) is 10.4 Å². The van der Waals surface area contributed by atoms with Gasteiger partial charge in [-0.05, 0) is 46.6 Å². The average molecular weight is 500 g/mol. The minimum atomic E-state index is -4.74. The monoisotopic (exact) mass is 499 g/mol. The molecule has 0 aromatic carbocycles. The second-order valence-corrected chi connectivity index (χ2v) is 10.2.